The number of hydrogen-bond donors (Lipinski definition) is 1. The third-order valence-corrected chi connectivity index (χ3v) is 5.22. The van der Waals surface area contributed by atoms with Gasteiger partial charge in [0, 0.05) is 10.7 Å². The van der Waals surface area contributed by atoms with Crippen LogP contribution in [0.15, 0.2) is 18.2 Å². The van der Waals surface area contributed by atoms with Crippen molar-refractivity contribution < 1.29 is 13.2 Å². The Balaban J connectivity index is 2.06. The van der Waals surface area contributed by atoms with E-state index in [2.05, 4.69) is 5.32 Å². The Bertz CT molecular complexity index is 583. The van der Waals surface area contributed by atoms with E-state index >= 15 is 0 Å². The van der Waals surface area contributed by atoms with Crippen LogP contribution in [0.3, 0.4) is 0 Å². The zero-order valence-electron chi connectivity index (χ0n) is 9.94. The van der Waals surface area contributed by atoms with Gasteiger partial charge in [-0.15, -0.1) is 0 Å². The summed E-state index contributed by atoms with van der Waals surface area (Å²) in [6.07, 6.45) is 0.397. The average molecular weight is 288 g/mol. The lowest BCUT2D eigenvalue weighted by Gasteiger charge is -2.10. The van der Waals surface area contributed by atoms with E-state index in [4.69, 9.17) is 11.6 Å². The van der Waals surface area contributed by atoms with Crippen molar-refractivity contribution >= 4 is 33.0 Å². The van der Waals surface area contributed by atoms with Gasteiger partial charge in [0.25, 0.3) is 0 Å². The zero-order chi connectivity index (χ0) is 13.3. The molecule has 0 aromatic heterocycles. The minimum Gasteiger partial charge on any atom is -0.326 e. The lowest BCUT2D eigenvalue weighted by molar-refractivity contribution is -0.119. The van der Waals surface area contributed by atoms with E-state index in [0.29, 0.717) is 17.1 Å². The number of nitrogens with one attached hydrogen (secondary N) is 1. The molecule has 4 nitrogen and oxygen atoms in total. The van der Waals surface area contributed by atoms with Gasteiger partial charge in [0.15, 0.2) is 9.84 Å². The zero-order valence-corrected chi connectivity index (χ0v) is 11.5. The smallest absolute Gasteiger partial charge is 0.228 e. The minimum absolute atomic E-state index is 0.0571. The first-order valence-corrected chi connectivity index (χ1v) is 7.85. The number of benzene rings is 1. The summed E-state index contributed by atoms with van der Waals surface area (Å²) in [6, 6.07) is 5.23. The third kappa shape index (κ3) is 3.03. The van der Waals surface area contributed by atoms with Crippen molar-refractivity contribution in [1.29, 1.82) is 0 Å². The topological polar surface area (TPSA) is 63.2 Å². The van der Waals surface area contributed by atoms with Gasteiger partial charge in [0.2, 0.25) is 5.91 Å². The van der Waals surface area contributed by atoms with Crippen molar-refractivity contribution in [3.8, 4) is 0 Å². The minimum atomic E-state index is -3.03. The first-order chi connectivity index (χ1) is 8.37. The van der Waals surface area contributed by atoms with E-state index in [-0.39, 0.29) is 17.4 Å². The largest absolute Gasteiger partial charge is 0.326 e. The molecule has 1 fully saturated rings. The second-order valence-electron chi connectivity index (χ2n) is 4.55. The summed E-state index contributed by atoms with van der Waals surface area (Å²) in [4.78, 5) is 11.9. The highest BCUT2D eigenvalue weighted by Gasteiger charge is 2.32. The highest BCUT2D eigenvalue weighted by atomic mass is 35.5. The van der Waals surface area contributed by atoms with Crippen LogP contribution in [0.5, 0.6) is 0 Å². The van der Waals surface area contributed by atoms with Crippen LogP contribution in [0.4, 0.5) is 5.69 Å². The number of amides is 1. The van der Waals surface area contributed by atoms with Gasteiger partial charge in [-0.2, -0.15) is 0 Å². The summed E-state index contributed by atoms with van der Waals surface area (Å²) < 4.78 is 22.6. The van der Waals surface area contributed by atoms with Crippen LogP contribution in [0.2, 0.25) is 5.02 Å². The van der Waals surface area contributed by atoms with Crippen molar-refractivity contribution in [2.24, 2.45) is 5.92 Å². The molecule has 2 rings (SSSR count). The Hall–Kier alpha value is -1.07. The number of rotatable bonds is 2. The Morgan fingerprint density at radius 3 is 2.72 bits per heavy atom. The lowest BCUT2D eigenvalue weighted by Crippen LogP contribution is -2.23. The van der Waals surface area contributed by atoms with Crippen molar-refractivity contribution in [2.45, 2.75) is 13.3 Å². The Kier molecular flexibility index (Phi) is 3.64. The van der Waals surface area contributed by atoms with Gasteiger partial charge in [0.1, 0.15) is 0 Å². The molecule has 1 N–H and O–H groups in total. The Morgan fingerprint density at radius 2 is 2.17 bits per heavy atom. The number of carbonyl (C=O) groups excluding carboxylic acids is 1. The maximum absolute atomic E-state index is 11.9. The normalized spacial score (nSPS) is 21.8. The van der Waals surface area contributed by atoms with Crippen molar-refractivity contribution in [1.82, 2.24) is 0 Å². The lowest BCUT2D eigenvalue weighted by atomic mass is 10.1. The summed E-state index contributed by atoms with van der Waals surface area (Å²) in [7, 11) is -3.03. The number of hydrogen-bond acceptors (Lipinski definition) is 3. The standard InChI is InChI=1S/C12H14ClNO3S/c1-8-2-3-10(6-11(8)13)14-12(15)9-4-5-18(16,17)7-9/h2-3,6,9H,4-5,7H2,1H3,(H,14,15)/t9-/m0/s1. The van der Waals surface area contributed by atoms with Crippen molar-refractivity contribution in [3.63, 3.8) is 0 Å². The molecule has 1 aliphatic rings. The molecule has 98 valence electrons. The highest BCUT2D eigenvalue weighted by Crippen LogP contribution is 2.23. The molecule has 0 radical (unpaired) electrons. The van der Waals surface area contributed by atoms with Gasteiger partial charge >= 0.3 is 0 Å². The molecule has 6 heteroatoms. The van der Waals surface area contributed by atoms with E-state index < -0.39 is 15.8 Å². The maximum atomic E-state index is 11.9. The predicted octanol–water partition coefficient (Wildman–Crippen LogP) is 2.02. The predicted molar refractivity (Wildman–Crippen MR) is 71.6 cm³/mol. The van der Waals surface area contributed by atoms with E-state index in [1.165, 1.54) is 0 Å². The molecule has 0 unspecified atom stereocenters. The van der Waals surface area contributed by atoms with E-state index in [0.717, 1.165) is 5.56 Å². The molecule has 0 saturated carbocycles. The van der Waals surface area contributed by atoms with Gasteiger partial charge < -0.3 is 5.32 Å². The van der Waals surface area contributed by atoms with Crippen LogP contribution in [0.25, 0.3) is 0 Å². The molecular weight excluding hydrogens is 274 g/mol. The SMILES string of the molecule is Cc1ccc(NC(=O)[C@H]2CCS(=O)(=O)C2)cc1Cl. The summed E-state index contributed by atoms with van der Waals surface area (Å²) in [5.74, 6) is -0.663. The molecule has 1 aromatic carbocycles. The quantitative estimate of drug-likeness (QED) is 0.905. The molecule has 18 heavy (non-hydrogen) atoms. The summed E-state index contributed by atoms with van der Waals surface area (Å²) in [5, 5.41) is 3.28. The molecular formula is C12H14ClNO3S. The van der Waals surface area contributed by atoms with Gasteiger partial charge in [-0.25, -0.2) is 8.42 Å². The fourth-order valence-electron chi connectivity index (χ4n) is 1.92. The Labute approximate surface area is 111 Å². The van der Waals surface area contributed by atoms with Gasteiger partial charge in [-0.1, -0.05) is 17.7 Å². The second-order valence-corrected chi connectivity index (χ2v) is 7.19. The van der Waals surface area contributed by atoms with Crippen molar-refractivity contribution in [2.75, 3.05) is 16.8 Å². The van der Waals surface area contributed by atoms with E-state index in [1.807, 2.05) is 13.0 Å². The Morgan fingerprint density at radius 1 is 1.44 bits per heavy atom. The van der Waals surface area contributed by atoms with Crippen LogP contribution < -0.4 is 5.32 Å². The van der Waals surface area contributed by atoms with Gasteiger partial charge in [0.05, 0.1) is 17.4 Å². The van der Waals surface area contributed by atoms with Crippen LogP contribution in [0.1, 0.15) is 12.0 Å². The molecule has 1 aromatic rings. The summed E-state index contributed by atoms with van der Waals surface area (Å²) >= 11 is 5.96. The third-order valence-electron chi connectivity index (χ3n) is 3.04. The van der Waals surface area contributed by atoms with Crippen LogP contribution >= 0.6 is 11.6 Å². The van der Waals surface area contributed by atoms with E-state index in [1.54, 1.807) is 12.1 Å². The molecule has 0 bridgehead atoms. The molecule has 1 aliphatic heterocycles. The molecule has 0 aliphatic carbocycles. The number of aryl methyl sites for hydroxylation is 1. The molecule has 1 heterocycles. The molecule has 1 amide bonds. The fourth-order valence-corrected chi connectivity index (χ4v) is 3.84. The van der Waals surface area contributed by atoms with Gasteiger partial charge in [-0.3, -0.25) is 4.79 Å². The fraction of sp³-hybridized carbons (Fsp3) is 0.417. The monoisotopic (exact) mass is 287 g/mol. The van der Waals surface area contributed by atoms with Crippen molar-refractivity contribution in [3.05, 3.63) is 28.8 Å². The first-order valence-electron chi connectivity index (χ1n) is 5.65. The van der Waals surface area contributed by atoms with E-state index in [9.17, 15) is 13.2 Å². The number of anilines is 1. The number of halogens is 1. The number of sulfone groups is 1. The first kappa shape index (κ1) is 13.4. The average Bonchev–Trinajstić information content (AvgIpc) is 2.64. The molecule has 0 spiro atoms. The van der Waals surface area contributed by atoms with Gasteiger partial charge in [-0.05, 0) is 31.0 Å². The highest BCUT2D eigenvalue weighted by molar-refractivity contribution is 7.91. The summed E-state index contributed by atoms with van der Waals surface area (Å²) in [6.45, 7) is 1.87. The number of carbonyl (C=O) groups is 1. The van der Waals surface area contributed by atoms with Crippen LogP contribution in [-0.2, 0) is 14.6 Å². The van der Waals surface area contributed by atoms with Crippen LogP contribution in [0, 0.1) is 12.8 Å². The van der Waals surface area contributed by atoms with Crippen LogP contribution in [-0.4, -0.2) is 25.8 Å². The summed E-state index contributed by atoms with van der Waals surface area (Å²) in [5.41, 5.74) is 1.53. The maximum Gasteiger partial charge on any atom is 0.228 e. The second kappa shape index (κ2) is 4.90. The molecule has 1 atom stereocenters. The molecule has 1 saturated heterocycles.